The van der Waals surface area contributed by atoms with Gasteiger partial charge in [0.25, 0.3) is 0 Å². The zero-order valence-electron chi connectivity index (χ0n) is 15.3. The molecule has 144 valence electrons. The van der Waals surface area contributed by atoms with E-state index in [1.807, 2.05) is 23.1 Å². The number of nitrogens with zero attached hydrogens (tertiary/aromatic N) is 5. The van der Waals surface area contributed by atoms with E-state index in [2.05, 4.69) is 20.1 Å². The van der Waals surface area contributed by atoms with Crippen molar-refractivity contribution in [1.29, 1.82) is 0 Å². The maximum atomic E-state index is 13.0. The van der Waals surface area contributed by atoms with Gasteiger partial charge in [0.1, 0.15) is 11.6 Å². The third-order valence-corrected chi connectivity index (χ3v) is 4.72. The van der Waals surface area contributed by atoms with Crippen molar-refractivity contribution in [2.24, 2.45) is 0 Å². The van der Waals surface area contributed by atoms with Gasteiger partial charge in [-0.3, -0.25) is 4.79 Å². The summed E-state index contributed by atoms with van der Waals surface area (Å²) in [4.78, 5) is 20.9. The lowest BCUT2D eigenvalue weighted by Crippen LogP contribution is -2.49. The highest BCUT2D eigenvalue weighted by atomic mass is 19.1. The first-order chi connectivity index (χ1) is 13.7. The summed E-state index contributed by atoms with van der Waals surface area (Å²) in [5.41, 5.74) is 0.650. The minimum Gasteiger partial charge on any atom is -0.421 e. The zero-order chi connectivity index (χ0) is 19.3. The molecule has 0 unspecified atom stereocenters. The molecule has 0 spiro atoms. The molecule has 2 aromatic heterocycles. The second-order valence-electron chi connectivity index (χ2n) is 6.56. The minimum atomic E-state index is -0.322. The molecule has 28 heavy (non-hydrogen) atoms. The molecule has 4 rings (SSSR count). The number of piperazine rings is 1. The molecular weight excluding hydrogens is 361 g/mol. The van der Waals surface area contributed by atoms with Crippen LogP contribution in [0.5, 0.6) is 0 Å². The first kappa shape index (κ1) is 18.1. The number of carbonyl (C=O) groups excluding carboxylic acids is 1. The third-order valence-electron chi connectivity index (χ3n) is 4.72. The van der Waals surface area contributed by atoms with Crippen molar-refractivity contribution in [3.05, 3.63) is 60.4 Å². The largest absolute Gasteiger partial charge is 0.421 e. The first-order valence-corrected chi connectivity index (χ1v) is 9.21. The van der Waals surface area contributed by atoms with Gasteiger partial charge < -0.3 is 14.2 Å². The molecule has 0 saturated carbocycles. The average Bonchev–Trinajstić information content (AvgIpc) is 3.22. The van der Waals surface area contributed by atoms with Crippen LogP contribution in [0.25, 0.3) is 11.5 Å². The van der Waals surface area contributed by atoms with E-state index in [1.165, 1.54) is 12.1 Å². The van der Waals surface area contributed by atoms with Crippen LogP contribution in [0.3, 0.4) is 0 Å². The number of hydrogen-bond donors (Lipinski definition) is 0. The Bertz CT molecular complexity index is 921. The van der Waals surface area contributed by atoms with E-state index in [0.717, 1.165) is 18.9 Å². The molecule has 0 aliphatic carbocycles. The number of aromatic nitrogens is 3. The first-order valence-electron chi connectivity index (χ1n) is 9.21. The fourth-order valence-electron chi connectivity index (χ4n) is 3.16. The quantitative estimate of drug-likeness (QED) is 0.676. The Labute approximate surface area is 161 Å². The van der Waals surface area contributed by atoms with Crippen LogP contribution < -0.4 is 4.90 Å². The molecule has 1 amide bonds. The lowest BCUT2D eigenvalue weighted by atomic mass is 10.2. The summed E-state index contributed by atoms with van der Waals surface area (Å²) < 4.78 is 18.6. The van der Waals surface area contributed by atoms with E-state index < -0.39 is 0 Å². The van der Waals surface area contributed by atoms with E-state index in [4.69, 9.17) is 4.42 Å². The summed E-state index contributed by atoms with van der Waals surface area (Å²) in [5.74, 6) is 1.42. The van der Waals surface area contributed by atoms with Crippen LogP contribution in [0.1, 0.15) is 12.3 Å². The second kappa shape index (κ2) is 8.16. The number of halogens is 1. The van der Waals surface area contributed by atoms with E-state index in [9.17, 15) is 9.18 Å². The van der Waals surface area contributed by atoms with Crippen LogP contribution in [0, 0.1) is 5.82 Å². The zero-order valence-corrected chi connectivity index (χ0v) is 15.3. The highest BCUT2D eigenvalue weighted by Crippen LogP contribution is 2.19. The van der Waals surface area contributed by atoms with Gasteiger partial charge in [-0.05, 0) is 36.4 Å². The molecule has 1 fully saturated rings. The van der Waals surface area contributed by atoms with Crippen LogP contribution in [-0.4, -0.2) is 52.2 Å². The molecule has 3 heterocycles. The lowest BCUT2D eigenvalue weighted by molar-refractivity contribution is -0.131. The average molecular weight is 381 g/mol. The highest BCUT2D eigenvalue weighted by molar-refractivity contribution is 5.76. The van der Waals surface area contributed by atoms with Crippen LogP contribution in [0.4, 0.5) is 10.2 Å². The van der Waals surface area contributed by atoms with Crippen molar-refractivity contribution < 1.29 is 13.6 Å². The Kier molecular flexibility index (Phi) is 5.27. The summed E-state index contributed by atoms with van der Waals surface area (Å²) in [5, 5.41) is 7.96. The van der Waals surface area contributed by atoms with E-state index in [-0.39, 0.29) is 11.7 Å². The summed E-state index contributed by atoms with van der Waals surface area (Å²) in [6, 6.07) is 11.7. The van der Waals surface area contributed by atoms with Crippen LogP contribution in [0.2, 0.25) is 0 Å². The minimum absolute atomic E-state index is 0.0715. The van der Waals surface area contributed by atoms with Crippen LogP contribution in [-0.2, 0) is 11.2 Å². The summed E-state index contributed by atoms with van der Waals surface area (Å²) in [6.07, 6.45) is 2.47. The van der Waals surface area contributed by atoms with Gasteiger partial charge in [-0.15, -0.1) is 10.2 Å². The number of rotatable bonds is 5. The highest BCUT2D eigenvalue weighted by Gasteiger charge is 2.22. The summed E-state index contributed by atoms with van der Waals surface area (Å²) in [6.45, 7) is 2.86. The molecular formula is C20H20FN5O2. The maximum absolute atomic E-state index is 13.0. The summed E-state index contributed by atoms with van der Waals surface area (Å²) >= 11 is 0. The SMILES string of the molecule is O=C(CCc1nnc(-c2ccc(F)cc2)o1)N1CCN(c2ccccn2)CC1. The van der Waals surface area contributed by atoms with Gasteiger partial charge in [0.15, 0.2) is 0 Å². The Morgan fingerprint density at radius 2 is 1.82 bits per heavy atom. The molecule has 8 heteroatoms. The molecule has 0 bridgehead atoms. The maximum Gasteiger partial charge on any atom is 0.247 e. The van der Waals surface area contributed by atoms with Crippen molar-refractivity contribution in [1.82, 2.24) is 20.1 Å². The van der Waals surface area contributed by atoms with Crippen molar-refractivity contribution in [3.63, 3.8) is 0 Å². The van der Waals surface area contributed by atoms with Crippen LogP contribution in [0.15, 0.2) is 53.1 Å². The summed E-state index contributed by atoms with van der Waals surface area (Å²) in [7, 11) is 0. The fourth-order valence-corrected chi connectivity index (χ4v) is 3.16. The Morgan fingerprint density at radius 3 is 2.54 bits per heavy atom. The molecule has 0 N–H and O–H groups in total. The number of pyridine rings is 1. The standard InChI is InChI=1S/C20H20FN5O2/c21-16-6-4-15(5-7-16)20-24-23-18(28-20)8-9-19(27)26-13-11-25(12-14-26)17-3-1-2-10-22-17/h1-7,10H,8-9,11-14H2. The predicted molar refractivity (Wildman–Crippen MR) is 101 cm³/mol. The van der Waals surface area contributed by atoms with E-state index in [1.54, 1.807) is 18.3 Å². The molecule has 7 nitrogen and oxygen atoms in total. The Balaban J connectivity index is 1.28. The van der Waals surface area contributed by atoms with Gasteiger partial charge in [0, 0.05) is 50.8 Å². The van der Waals surface area contributed by atoms with Gasteiger partial charge in [0.2, 0.25) is 17.7 Å². The van der Waals surface area contributed by atoms with Crippen molar-refractivity contribution in [2.45, 2.75) is 12.8 Å². The Hall–Kier alpha value is -3.29. The van der Waals surface area contributed by atoms with Gasteiger partial charge in [0.05, 0.1) is 0 Å². The number of hydrogen-bond acceptors (Lipinski definition) is 6. The predicted octanol–water partition coefficient (Wildman–Crippen LogP) is 2.55. The van der Waals surface area contributed by atoms with Crippen molar-refractivity contribution in [3.8, 4) is 11.5 Å². The lowest BCUT2D eigenvalue weighted by Gasteiger charge is -2.35. The Morgan fingerprint density at radius 1 is 1.04 bits per heavy atom. The number of anilines is 1. The second-order valence-corrected chi connectivity index (χ2v) is 6.56. The normalized spacial score (nSPS) is 14.3. The van der Waals surface area contributed by atoms with Crippen molar-refractivity contribution >= 4 is 11.7 Å². The molecule has 1 aliphatic heterocycles. The van der Waals surface area contributed by atoms with E-state index in [0.29, 0.717) is 43.3 Å². The monoisotopic (exact) mass is 381 g/mol. The van der Waals surface area contributed by atoms with Crippen molar-refractivity contribution in [2.75, 3.05) is 31.1 Å². The van der Waals surface area contributed by atoms with Gasteiger partial charge in [-0.2, -0.15) is 0 Å². The van der Waals surface area contributed by atoms with E-state index >= 15 is 0 Å². The number of benzene rings is 1. The molecule has 0 radical (unpaired) electrons. The van der Waals surface area contributed by atoms with Crippen LogP contribution >= 0.6 is 0 Å². The molecule has 0 atom stereocenters. The molecule has 1 aliphatic rings. The molecule has 1 aromatic carbocycles. The topological polar surface area (TPSA) is 75.4 Å². The number of amides is 1. The molecule has 3 aromatic rings. The number of aryl methyl sites for hydroxylation is 1. The van der Waals surface area contributed by atoms with Gasteiger partial charge in [-0.25, -0.2) is 9.37 Å². The van der Waals surface area contributed by atoms with Gasteiger partial charge >= 0.3 is 0 Å². The third kappa shape index (κ3) is 4.16. The van der Waals surface area contributed by atoms with Gasteiger partial charge in [-0.1, -0.05) is 6.07 Å². The number of carbonyl (C=O) groups is 1. The molecule has 1 saturated heterocycles. The fraction of sp³-hybridized carbons (Fsp3) is 0.300. The smallest absolute Gasteiger partial charge is 0.247 e.